The molecule has 6 nitrogen and oxygen atoms in total. The molecule has 1 aromatic carbocycles. The van der Waals surface area contributed by atoms with Crippen molar-refractivity contribution >= 4 is 44.2 Å². The molecule has 0 saturated carbocycles. The van der Waals surface area contributed by atoms with Crippen molar-refractivity contribution in [3.8, 4) is 0 Å². The minimum atomic E-state index is 0.147. The van der Waals surface area contributed by atoms with E-state index in [0.29, 0.717) is 19.5 Å². The quantitative estimate of drug-likeness (QED) is 0.516. The zero-order chi connectivity index (χ0) is 20.0. The van der Waals surface area contributed by atoms with Crippen LogP contribution in [-0.4, -0.2) is 47.0 Å². The maximum atomic E-state index is 12.9. The van der Waals surface area contributed by atoms with Gasteiger partial charge >= 0.3 is 0 Å². The van der Waals surface area contributed by atoms with Gasteiger partial charge in [-0.2, -0.15) is 0 Å². The first-order chi connectivity index (χ1) is 14.1. The van der Waals surface area contributed by atoms with Crippen molar-refractivity contribution in [2.75, 3.05) is 31.1 Å². The van der Waals surface area contributed by atoms with Gasteiger partial charge in [-0.05, 0) is 48.6 Å². The molecule has 0 N–H and O–H groups in total. The van der Waals surface area contributed by atoms with Gasteiger partial charge in [-0.1, -0.05) is 0 Å². The van der Waals surface area contributed by atoms with Crippen molar-refractivity contribution in [3.05, 3.63) is 52.9 Å². The first-order valence-electron chi connectivity index (χ1n) is 9.78. The van der Waals surface area contributed by atoms with Gasteiger partial charge in [0, 0.05) is 37.1 Å². The minimum absolute atomic E-state index is 0.147. The number of fused-ring (bicyclic) bond motifs is 2. The Hall–Kier alpha value is -2.93. The van der Waals surface area contributed by atoms with Crippen LogP contribution in [0.1, 0.15) is 16.7 Å². The highest BCUT2D eigenvalue weighted by Crippen LogP contribution is 2.28. The number of hydrogen-bond acceptors (Lipinski definition) is 6. The molecule has 148 valence electrons. The molecule has 4 heterocycles. The van der Waals surface area contributed by atoms with Crippen molar-refractivity contribution in [1.82, 2.24) is 14.9 Å². The number of amides is 1. The normalized spacial score (nSPS) is 14.8. The van der Waals surface area contributed by atoms with E-state index in [1.54, 1.807) is 23.9 Å². The Balaban J connectivity index is 1.28. The summed E-state index contributed by atoms with van der Waals surface area (Å²) in [6.45, 7) is 7.11. The fourth-order valence-electron chi connectivity index (χ4n) is 3.94. The van der Waals surface area contributed by atoms with Gasteiger partial charge in [0.05, 0.1) is 18.1 Å². The molecule has 0 spiro atoms. The second-order valence-corrected chi connectivity index (χ2v) is 8.47. The molecule has 0 radical (unpaired) electrons. The number of carbonyl (C=O) groups is 1. The van der Waals surface area contributed by atoms with Crippen LogP contribution >= 0.6 is 11.3 Å². The number of furan rings is 1. The molecular formula is C22H22N4O2S. The average Bonchev–Trinajstić information content (AvgIpc) is 3.36. The van der Waals surface area contributed by atoms with Gasteiger partial charge in [0.2, 0.25) is 5.91 Å². The predicted octanol–water partition coefficient (Wildman–Crippen LogP) is 3.95. The molecule has 0 unspecified atom stereocenters. The molecule has 1 aliphatic heterocycles. The van der Waals surface area contributed by atoms with Crippen LogP contribution in [0.15, 0.2) is 40.6 Å². The molecule has 1 saturated heterocycles. The summed E-state index contributed by atoms with van der Waals surface area (Å²) in [4.78, 5) is 26.9. The highest BCUT2D eigenvalue weighted by Gasteiger charge is 2.24. The molecule has 1 amide bonds. The molecule has 29 heavy (non-hydrogen) atoms. The number of hydrogen-bond donors (Lipinski definition) is 0. The van der Waals surface area contributed by atoms with E-state index in [-0.39, 0.29) is 5.91 Å². The Labute approximate surface area is 172 Å². The number of rotatable bonds is 3. The summed E-state index contributed by atoms with van der Waals surface area (Å²) >= 11 is 1.62. The third-order valence-corrected chi connectivity index (χ3v) is 6.61. The van der Waals surface area contributed by atoms with Crippen LogP contribution in [0.25, 0.3) is 21.2 Å². The second kappa shape index (κ2) is 7.15. The molecule has 4 aromatic rings. The lowest BCUT2D eigenvalue weighted by molar-refractivity contribution is -0.130. The van der Waals surface area contributed by atoms with Gasteiger partial charge in [-0.25, -0.2) is 9.97 Å². The number of nitrogens with zero attached hydrogens (tertiary/aromatic N) is 4. The SMILES string of the molecule is Cc1cc2occ(CC(=O)N3CCN(c4ncnc5sccc45)CC3)c2cc1C. The smallest absolute Gasteiger partial charge is 0.227 e. The van der Waals surface area contributed by atoms with Crippen molar-refractivity contribution in [3.63, 3.8) is 0 Å². The van der Waals surface area contributed by atoms with Gasteiger partial charge < -0.3 is 14.2 Å². The van der Waals surface area contributed by atoms with E-state index in [0.717, 1.165) is 45.7 Å². The Morgan fingerprint density at radius 3 is 2.72 bits per heavy atom. The van der Waals surface area contributed by atoms with Crippen LogP contribution in [0, 0.1) is 13.8 Å². The molecule has 7 heteroatoms. The summed E-state index contributed by atoms with van der Waals surface area (Å²) in [7, 11) is 0. The Morgan fingerprint density at radius 2 is 1.90 bits per heavy atom. The van der Waals surface area contributed by atoms with Crippen LogP contribution in [0.2, 0.25) is 0 Å². The Morgan fingerprint density at radius 1 is 1.10 bits per heavy atom. The Bertz CT molecular complexity index is 1200. The molecule has 0 bridgehead atoms. The fraction of sp³-hybridized carbons (Fsp3) is 0.318. The summed E-state index contributed by atoms with van der Waals surface area (Å²) in [5.41, 5.74) is 4.23. The van der Waals surface area contributed by atoms with E-state index < -0.39 is 0 Å². The zero-order valence-corrected chi connectivity index (χ0v) is 17.3. The number of piperazine rings is 1. The molecule has 1 aliphatic rings. The molecular weight excluding hydrogens is 384 g/mol. The lowest BCUT2D eigenvalue weighted by atomic mass is 10.0. The number of anilines is 1. The van der Waals surface area contributed by atoms with Gasteiger partial charge in [0.15, 0.2) is 0 Å². The van der Waals surface area contributed by atoms with E-state index in [1.807, 2.05) is 16.3 Å². The van der Waals surface area contributed by atoms with Gasteiger partial charge in [0.1, 0.15) is 22.6 Å². The molecule has 0 atom stereocenters. The summed E-state index contributed by atoms with van der Waals surface area (Å²) in [6.07, 6.45) is 3.73. The number of aryl methyl sites for hydroxylation is 2. The molecule has 1 fully saturated rings. The van der Waals surface area contributed by atoms with Gasteiger partial charge in [-0.15, -0.1) is 11.3 Å². The fourth-order valence-corrected chi connectivity index (χ4v) is 4.67. The first-order valence-corrected chi connectivity index (χ1v) is 10.7. The summed E-state index contributed by atoms with van der Waals surface area (Å²) in [5, 5.41) is 4.18. The van der Waals surface area contributed by atoms with E-state index in [4.69, 9.17) is 4.42 Å². The van der Waals surface area contributed by atoms with Crippen LogP contribution in [-0.2, 0) is 11.2 Å². The van der Waals surface area contributed by atoms with Crippen LogP contribution < -0.4 is 4.90 Å². The van der Waals surface area contributed by atoms with E-state index in [1.165, 1.54) is 11.1 Å². The van der Waals surface area contributed by atoms with E-state index in [9.17, 15) is 4.79 Å². The highest BCUT2D eigenvalue weighted by molar-refractivity contribution is 7.16. The van der Waals surface area contributed by atoms with Crippen molar-refractivity contribution < 1.29 is 9.21 Å². The monoisotopic (exact) mass is 406 g/mol. The Kier molecular flexibility index (Phi) is 4.47. The zero-order valence-electron chi connectivity index (χ0n) is 16.5. The number of thiophene rings is 1. The van der Waals surface area contributed by atoms with Gasteiger partial charge in [-0.3, -0.25) is 4.79 Å². The maximum Gasteiger partial charge on any atom is 0.227 e. The lowest BCUT2D eigenvalue weighted by Gasteiger charge is -2.35. The van der Waals surface area contributed by atoms with Crippen LogP contribution in [0.4, 0.5) is 5.82 Å². The number of benzene rings is 1. The average molecular weight is 407 g/mol. The van der Waals surface area contributed by atoms with Crippen LogP contribution in [0.5, 0.6) is 0 Å². The summed E-state index contributed by atoms with van der Waals surface area (Å²) in [5.74, 6) is 1.11. The standard InChI is InChI=1S/C22H22N4O2S/c1-14-9-18-16(12-28-19(18)10-15(14)2)11-20(27)25-4-6-26(7-5-25)21-17-3-8-29-22(17)24-13-23-21/h3,8-10,12-13H,4-7,11H2,1-2H3. The third-order valence-electron chi connectivity index (χ3n) is 5.78. The second-order valence-electron chi connectivity index (χ2n) is 7.57. The maximum absolute atomic E-state index is 12.9. The molecule has 3 aromatic heterocycles. The summed E-state index contributed by atoms with van der Waals surface area (Å²) < 4.78 is 5.69. The molecule has 0 aliphatic carbocycles. The van der Waals surface area contributed by atoms with Crippen LogP contribution in [0.3, 0.4) is 0 Å². The van der Waals surface area contributed by atoms with E-state index in [2.05, 4.69) is 40.8 Å². The topological polar surface area (TPSA) is 62.5 Å². The predicted molar refractivity (Wildman–Crippen MR) is 116 cm³/mol. The van der Waals surface area contributed by atoms with E-state index >= 15 is 0 Å². The van der Waals surface area contributed by atoms with Gasteiger partial charge in [0.25, 0.3) is 0 Å². The lowest BCUT2D eigenvalue weighted by Crippen LogP contribution is -2.49. The third kappa shape index (κ3) is 3.25. The minimum Gasteiger partial charge on any atom is -0.464 e. The first kappa shape index (κ1) is 18.1. The van der Waals surface area contributed by atoms with Crippen molar-refractivity contribution in [2.45, 2.75) is 20.3 Å². The number of aromatic nitrogens is 2. The van der Waals surface area contributed by atoms with Crippen molar-refractivity contribution in [1.29, 1.82) is 0 Å². The number of carbonyl (C=O) groups excluding carboxylic acids is 1. The highest BCUT2D eigenvalue weighted by atomic mass is 32.1. The van der Waals surface area contributed by atoms with Crippen molar-refractivity contribution in [2.24, 2.45) is 0 Å². The summed E-state index contributed by atoms with van der Waals surface area (Å²) in [6, 6.07) is 6.24. The molecule has 5 rings (SSSR count). The largest absolute Gasteiger partial charge is 0.464 e.